The van der Waals surface area contributed by atoms with Crippen molar-refractivity contribution in [1.82, 2.24) is 0 Å². The number of aromatic nitrogens is 1. The lowest BCUT2D eigenvalue weighted by Gasteiger charge is -2.31. The number of guanidine groups is 2. The number of allylic oxidation sites excluding steroid dienone is 2. The third-order valence-corrected chi connectivity index (χ3v) is 5.36. The Bertz CT molecular complexity index is 1280. The van der Waals surface area contributed by atoms with Gasteiger partial charge in [0.15, 0.2) is 6.20 Å². The second-order valence-corrected chi connectivity index (χ2v) is 7.77. The molecule has 34 heavy (non-hydrogen) atoms. The first-order valence-electron chi connectivity index (χ1n) is 10.4. The quantitative estimate of drug-likeness (QED) is 0.156. The van der Waals surface area contributed by atoms with E-state index in [1.165, 1.54) is 0 Å². The van der Waals surface area contributed by atoms with Gasteiger partial charge in [-0.15, -0.1) is 4.99 Å². The van der Waals surface area contributed by atoms with Gasteiger partial charge in [-0.05, 0) is 42.7 Å². The molecule has 1 aliphatic rings. The second kappa shape index (κ2) is 10.3. The van der Waals surface area contributed by atoms with Gasteiger partial charge in [0.25, 0.3) is 5.96 Å². The average molecular weight is 460 g/mol. The normalized spacial score (nSPS) is 17.7. The summed E-state index contributed by atoms with van der Waals surface area (Å²) in [7, 11) is 1.90. The van der Waals surface area contributed by atoms with Crippen LogP contribution in [0, 0.1) is 23.7 Å². The Hall–Kier alpha value is -4.65. The van der Waals surface area contributed by atoms with E-state index in [-0.39, 0.29) is 24.8 Å². The van der Waals surface area contributed by atoms with E-state index in [1.807, 2.05) is 42.1 Å². The lowest BCUT2D eigenvalue weighted by Crippen LogP contribution is -2.84. The molecule has 7 N–H and O–H groups in total. The first kappa shape index (κ1) is 24.0. The maximum atomic E-state index is 11.5. The smallest absolute Gasteiger partial charge is 0.316 e. The minimum atomic E-state index is -1.44. The third-order valence-electron chi connectivity index (χ3n) is 5.36. The minimum Gasteiger partial charge on any atom is -0.550 e. The van der Waals surface area contributed by atoms with Crippen molar-refractivity contribution < 1.29 is 29.4 Å². The minimum absolute atomic E-state index is 0.00274. The SMILES string of the molecule is C[n+]1ccccc1-c1ccc(N=C(N)[NH+]=C(N)N)cc1C#CC1=CC[C@H](C(=O)[O-])[C@H](C(=O)[O-])C1. The molecule has 10 nitrogen and oxygen atoms in total. The molecule has 0 aliphatic heterocycles. The van der Waals surface area contributed by atoms with Crippen molar-refractivity contribution in [3.8, 4) is 23.1 Å². The van der Waals surface area contributed by atoms with Crippen LogP contribution < -0.4 is 37.0 Å². The Balaban J connectivity index is 2.06. The molecule has 0 bridgehead atoms. The van der Waals surface area contributed by atoms with Crippen LogP contribution in [0.2, 0.25) is 0 Å². The van der Waals surface area contributed by atoms with E-state index in [0.717, 1.165) is 11.3 Å². The van der Waals surface area contributed by atoms with Crippen LogP contribution in [0.3, 0.4) is 0 Å². The molecule has 1 aromatic heterocycles. The Morgan fingerprint density at radius 1 is 1.09 bits per heavy atom. The lowest BCUT2D eigenvalue weighted by molar-refractivity contribution is -0.660. The molecule has 0 fully saturated rings. The first-order chi connectivity index (χ1) is 16.2. The molecule has 0 saturated heterocycles. The summed E-state index contributed by atoms with van der Waals surface area (Å²) >= 11 is 0. The number of carbonyl (C=O) groups excluding carboxylic acids is 2. The molecule has 1 heterocycles. The van der Waals surface area contributed by atoms with Crippen molar-refractivity contribution >= 4 is 29.5 Å². The van der Waals surface area contributed by atoms with Gasteiger partial charge in [0.2, 0.25) is 5.69 Å². The van der Waals surface area contributed by atoms with Crippen LogP contribution >= 0.6 is 0 Å². The van der Waals surface area contributed by atoms with Gasteiger partial charge in [-0.1, -0.05) is 17.9 Å². The largest absolute Gasteiger partial charge is 0.550 e. The highest BCUT2D eigenvalue weighted by atomic mass is 16.4. The first-order valence-corrected chi connectivity index (χ1v) is 10.4. The van der Waals surface area contributed by atoms with Gasteiger partial charge in [-0.2, -0.15) is 0 Å². The van der Waals surface area contributed by atoms with Gasteiger partial charge in [-0.3, -0.25) is 0 Å². The van der Waals surface area contributed by atoms with Crippen LogP contribution in [0.4, 0.5) is 5.69 Å². The van der Waals surface area contributed by atoms with E-state index in [1.54, 1.807) is 18.2 Å². The van der Waals surface area contributed by atoms with Crippen molar-refractivity contribution in [3.63, 3.8) is 0 Å². The van der Waals surface area contributed by atoms with Crippen LogP contribution in [0.25, 0.3) is 11.3 Å². The molecular formula is C24H24N6O4. The number of aliphatic imine (C=N–C) groups is 1. The van der Waals surface area contributed by atoms with E-state index in [9.17, 15) is 19.8 Å². The van der Waals surface area contributed by atoms with E-state index >= 15 is 0 Å². The summed E-state index contributed by atoms with van der Waals surface area (Å²) in [6, 6.07) is 11.0. The van der Waals surface area contributed by atoms with Crippen LogP contribution in [-0.2, 0) is 16.6 Å². The van der Waals surface area contributed by atoms with Gasteiger partial charge in [-0.25, -0.2) is 9.56 Å². The van der Waals surface area contributed by atoms with Crippen molar-refractivity contribution in [2.75, 3.05) is 0 Å². The number of carboxylic acid groups (broad SMARTS) is 2. The highest BCUT2D eigenvalue weighted by Gasteiger charge is 2.27. The maximum absolute atomic E-state index is 11.5. The predicted octanol–water partition coefficient (Wildman–Crippen LogP) is -3.72. The van der Waals surface area contributed by atoms with Gasteiger partial charge in [0.1, 0.15) is 12.7 Å². The van der Waals surface area contributed by atoms with E-state index < -0.39 is 23.8 Å². The number of pyridine rings is 1. The van der Waals surface area contributed by atoms with Gasteiger partial charge in [0, 0.05) is 41.5 Å². The van der Waals surface area contributed by atoms with Crippen molar-refractivity contribution in [2.24, 2.45) is 41.1 Å². The van der Waals surface area contributed by atoms with Crippen LogP contribution in [0.15, 0.2) is 59.2 Å². The molecule has 1 aliphatic carbocycles. The predicted molar refractivity (Wildman–Crippen MR) is 120 cm³/mol. The van der Waals surface area contributed by atoms with Crippen molar-refractivity contribution in [1.29, 1.82) is 0 Å². The number of hydrogen-bond acceptors (Lipinski definition) is 5. The summed E-state index contributed by atoms with van der Waals surface area (Å²) in [5.41, 5.74) is 19.9. The van der Waals surface area contributed by atoms with Crippen molar-refractivity contribution in [3.05, 3.63) is 59.8 Å². The number of carbonyl (C=O) groups is 2. The Morgan fingerprint density at radius 2 is 1.82 bits per heavy atom. The Kier molecular flexibility index (Phi) is 7.28. The van der Waals surface area contributed by atoms with Crippen LogP contribution in [0.5, 0.6) is 0 Å². The topological polar surface area (TPSA) is 189 Å². The highest BCUT2D eigenvalue weighted by Crippen LogP contribution is 2.30. The molecule has 174 valence electrons. The Labute approximate surface area is 196 Å². The molecule has 0 radical (unpaired) electrons. The summed E-state index contributed by atoms with van der Waals surface area (Å²) in [4.78, 5) is 29.5. The number of carboxylic acids is 2. The van der Waals surface area contributed by atoms with Crippen molar-refractivity contribution in [2.45, 2.75) is 12.8 Å². The molecule has 0 amide bonds. The Morgan fingerprint density at radius 3 is 2.47 bits per heavy atom. The number of nitrogens with two attached hydrogens (primary N) is 3. The molecule has 3 rings (SSSR count). The monoisotopic (exact) mass is 460 g/mol. The molecule has 1 aromatic carbocycles. The number of rotatable bonds is 4. The van der Waals surface area contributed by atoms with Gasteiger partial charge < -0.3 is 37.0 Å². The number of nitrogens with zero attached hydrogens (tertiary/aromatic N) is 2. The highest BCUT2D eigenvalue weighted by molar-refractivity contribution is 5.81. The molecule has 10 heteroatoms. The standard InChI is InChI=1S/C24H24N6O4/c1-30-11-3-2-4-20(30)17-10-8-16(28-24(27)29-23(25)26)13-15(17)7-5-14-6-9-18(21(31)32)19(12-14)22(33)34/h2-4,6,8,10-11,13,18-19H,9,12H2,1H3,(H7,25,26,27,29,31,32,33,34)/t18-,19+/m0/s1. The molecular weight excluding hydrogens is 436 g/mol. The number of nitrogens with one attached hydrogen (secondary N) is 1. The number of aliphatic carboxylic acids is 2. The van der Waals surface area contributed by atoms with Gasteiger partial charge >= 0.3 is 5.96 Å². The number of hydrogen-bond donors (Lipinski definition) is 4. The van der Waals surface area contributed by atoms with Crippen LogP contribution in [-0.4, -0.2) is 23.9 Å². The zero-order valence-electron chi connectivity index (χ0n) is 18.4. The zero-order valence-corrected chi connectivity index (χ0v) is 18.4. The maximum Gasteiger partial charge on any atom is 0.316 e. The average Bonchev–Trinajstić information content (AvgIpc) is 2.77. The fraction of sp³-hybridized carbons (Fsp3) is 0.208. The molecule has 2 atom stereocenters. The van der Waals surface area contributed by atoms with E-state index in [2.05, 4.69) is 21.8 Å². The molecule has 0 unspecified atom stereocenters. The zero-order chi connectivity index (χ0) is 24.8. The fourth-order valence-electron chi connectivity index (χ4n) is 3.70. The summed E-state index contributed by atoms with van der Waals surface area (Å²) in [6.07, 6.45) is 3.48. The van der Waals surface area contributed by atoms with E-state index in [0.29, 0.717) is 16.8 Å². The van der Waals surface area contributed by atoms with Crippen LogP contribution in [0.1, 0.15) is 18.4 Å². The summed E-state index contributed by atoms with van der Waals surface area (Å²) in [5.74, 6) is 0.755. The van der Waals surface area contributed by atoms with E-state index in [4.69, 9.17) is 17.2 Å². The molecule has 0 spiro atoms. The summed E-state index contributed by atoms with van der Waals surface area (Å²) < 4.78 is 1.93. The lowest BCUT2D eigenvalue weighted by atomic mass is 9.79. The molecule has 0 saturated carbocycles. The second-order valence-electron chi connectivity index (χ2n) is 7.77. The number of benzene rings is 1. The van der Waals surface area contributed by atoms with Gasteiger partial charge in [0.05, 0.1) is 5.56 Å². The fourth-order valence-corrected chi connectivity index (χ4v) is 3.70. The summed E-state index contributed by atoms with van der Waals surface area (Å²) in [5, 5.41) is 22.7. The summed E-state index contributed by atoms with van der Waals surface area (Å²) in [6.45, 7) is 0. The number of aryl methyl sites for hydroxylation is 1. The third kappa shape index (κ3) is 5.77. The molecule has 2 aromatic rings.